The molecule has 0 atom stereocenters. The summed E-state index contributed by atoms with van der Waals surface area (Å²) in [7, 11) is 0. The predicted octanol–water partition coefficient (Wildman–Crippen LogP) is 5.50. The first-order valence-corrected chi connectivity index (χ1v) is 9.84. The number of rotatable bonds is 5. The molecule has 1 fully saturated rings. The minimum atomic E-state index is -0.525. The van der Waals surface area contributed by atoms with Gasteiger partial charge in [-0.2, -0.15) is 0 Å². The van der Waals surface area contributed by atoms with Gasteiger partial charge in [-0.25, -0.2) is 0 Å². The van der Waals surface area contributed by atoms with Crippen LogP contribution >= 0.6 is 35.6 Å². The second-order valence-corrected chi connectivity index (χ2v) is 8.08. The Morgan fingerprint density at radius 3 is 2.83 bits per heavy atom. The Hall–Kier alpha value is -2.88. The van der Waals surface area contributed by atoms with Crippen molar-refractivity contribution in [2.24, 2.45) is 0 Å². The Labute approximate surface area is 179 Å². The number of amides is 1. The van der Waals surface area contributed by atoms with Gasteiger partial charge in [0.1, 0.15) is 21.6 Å². The molecule has 1 aliphatic heterocycles. The maximum Gasteiger partial charge on any atom is 0.281 e. The van der Waals surface area contributed by atoms with E-state index in [1.54, 1.807) is 36.4 Å². The van der Waals surface area contributed by atoms with E-state index in [2.05, 4.69) is 0 Å². The molecule has 1 aliphatic rings. The highest BCUT2D eigenvalue weighted by Crippen LogP contribution is 2.36. The zero-order valence-electron chi connectivity index (χ0n) is 14.5. The lowest BCUT2D eigenvalue weighted by atomic mass is 10.1. The topological polar surface area (TPSA) is 89.7 Å². The Morgan fingerprint density at radius 2 is 2.10 bits per heavy atom. The third-order valence-electron chi connectivity index (χ3n) is 4.09. The van der Waals surface area contributed by atoms with Gasteiger partial charge in [0.15, 0.2) is 0 Å². The molecular formula is C19H11ClN2O5S2. The molecule has 0 N–H and O–H groups in total. The van der Waals surface area contributed by atoms with Gasteiger partial charge < -0.3 is 8.83 Å². The summed E-state index contributed by atoms with van der Waals surface area (Å²) >= 11 is 12.3. The van der Waals surface area contributed by atoms with Crippen molar-refractivity contribution < 1.29 is 18.6 Å². The minimum absolute atomic E-state index is 0.164. The van der Waals surface area contributed by atoms with Crippen LogP contribution in [0.25, 0.3) is 17.4 Å². The number of benzene rings is 1. The van der Waals surface area contributed by atoms with Crippen molar-refractivity contribution in [3.63, 3.8) is 0 Å². The number of furan rings is 2. The number of halogens is 1. The summed E-state index contributed by atoms with van der Waals surface area (Å²) in [6, 6.07) is 11.1. The maximum atomic E-state index is 12.7. The average molecular weight is 447 g/mol. The first-order valence-electron chi connectivity index (χ1n) is 8.24. The molecule has 3 heterocycles. The van der Waals surface area contributed by atoms with Crippen molar-refractivity contribution >= 4 is 57.6 Å². The third kappa shape index (κ3) is 3.98. The van der Waals surface area contributed by atoms with Gasteiger partial charge in [-0.05, 0) is 36.4 Å². The van der Waals surface area contributed by atoms with Gasteiger partial charge in [-0.3, -0.25) is 19.8 Å². The van der Waals surface area contributed by atoms with Crippen molar-refractivity contribution in [1.82, 2.24) is 4.90 Å². The SMILES string of the molecule is O=C1C(=Cc2ccc(-c3ccc(Cl)cc3[N+](=O)[O-])o2)SC(=S)N1Cc1ccco1. The zero-order valence-corrected chi connectivity index (χ0v) is 16.9. The monoisotopic (exact) mass is 446 g/mol. The molecule has 7 nitrogen and oxygen atoms in total. The van der Waals surface area contributed by atoms with Crippen LogP contribution in [0.2, 0.25) is 5.02 Å². The van der Waals surface area contributed by atoms with Gasteiger partial charge in [0.2, 0.25) is 0 Å². The van der Waals surface area contributed by atoms with E-state index in [0.717, 1.165) is 11.8 Å². The molecule has 146 valence electrons. The largest absolute Gasteiger partial charge is 0.467 e. The van der Waals surface area contributed by atoms with E-state index in [4.69, 9.17) is 32.7 Å². The van der Waals surface area contributed by atoms with Crippen LogP contribution in [-0.2, 0) is 11.3 Å². The van der Waals surface area contributed by atoms with Gasteiger partial charge in [0.25, 0.3) is 11.6 Å². The molecule has 0 saturated carbocycles. The second kappa shape index (κ2) is 7.86. The van der Waals surface area contributed by atoms with Gasteiger partial charge in [0.05, 0.1) is 28.2 Å². The van der Waals surface area contributed by atoms with Crippen LogP contribution in [0.5, 0.6) is 0 Å². The Morgan fingerprint density at radius 1 is 1.28 bits per heavy atom. The fourth-order valence-electron chi connectivity index (χ4n) is 2.76. The quantitative estimate of drug-likeness (QED) is 0.221. The van der Waals surface area contributed by atoms with E-state index in [0.29, 0.717) is 32.1 Å². The molecule has 0 spiro atoms. The molecule has 1 saturated heterocycles. The van der Waals surface area contributed by atoms with Gasteiger partial charge in [-0.1, -0.05) is 35.6 Å². The second-order valence-electron chi connectivity index (χ2n) is 5.97. The normalized spacial score (nSPS) is 15.5. The first-order chi connectivity index (χ1) is 13.9. The van der Waals surface area contributed by atoms with E-state index >= 15 is 0 Å². The van der Waals surface area contributed by atoms with Gasteiger partial charge >= 0.3 is 0 Å². The van der Waals surface area contributed by atoms with Crippen LogP contribution in [0.15, 0.2) is 62.5 Å². The number of nitro groups is 1. The summed E-state index contributed by atoms with van der Waals surface area (Å²) in [4.78, 5) is 25.3. The highest BCUT2D eigenvalue weighted by molar-refractivity contribution is 8.26. The Kier molecular flexibility index (Phi) is 5.27. The average Bonchev–Trinajstić information content (AvgIpc) is 3.41. The summed E-state index contributed by atoms with van der Waals surface area (Å²) < 4.78 is 11.4. The molecule has 29 heavy (non-hydrogen) atoms. The van der Waals surface area contributed by atoms with Crippen molar-refractivity contribution in [3.8, 4) is 11.3 Å². The number of thioether (sulfide) groups is 1. The van der Waals surface area contributed by atoms with E-state index < -0.39 is 4.92 Å². The third-order valence-corrected chi connectivity index (χ3v) is 5.70. The van der Waals surface area contributed by atoms with Crippen molar-refractivity contribution in [1.29, 1.82) is 0 Å². The van der Waals surface area contributed by atoms with Gasteiger partial charge in [0, 0.05) is 17.2 Å². The number of carbonyl (C=O) groups is 1. The molecule has 1 aromatic carbocycles. The summed E-state index contributed by atoms with van der Waals surface area (Å²) in [6.45, 7) is 0.245. The highest BCUT2D eigenvalue weighted by Gasteiger charge is 2.33. The fourth-order valence-corrected chi connectivity index (χ4v) is 4.16. The highest BCUT2D eigenvalue weighted by atomic mass is 35.5. The molecule has 0 bridgehead atoms. The number of carbonyl (C=O) groups excluding carboxylic acids is 1. The summed E-state index contributed by atoms with van der Waals surface area (Å²) in [5.41, 5.74) is 0.132. The van der Waals surface area contributed by atoms with Gasteiger partial charge in [-0.15, -0.1) is 0 Å². The van der Waals surface area contributed by atoms with E-state index in [1.807, 2.05) is 0 Å². The van der Waals surface area contributed by atoms with Crippen LogP contribution in [0.3, 0.4) is 0 Å². The molecule has 1 amide bonds. The lowest BCUT2D eigenvalue weighted by molar-refractivity contribution is -0.384. The van der Waals surface area contributed by atoms with Crippen LogP contribution in [-0.4, -0.2) is 20.1 Å². The van der Waals surface area contributed by atoms with Crippen molar-refractivity contribution in [2.45, 2.75) is 6.54 Å². The smallest absolute Gasteiger partial charge is 0.281 e. The number of hydrogen-bond acceptors (Lipinski definition) is 7. The van der Waals surface area contributed by atoms with Crippen LogP contribution < -0.4 is 0 Å². The van der Waals surface area contributed by atoms with E-state index in [9.17, 15) is 14.9 Å². The molecule has 0 unspecified atom stereocenters. The van der Waals surface area contributed by atoms with E-state index in [1.165, 1.54) is 23.3 Å². The maximum absolute atomic E-state index is 12.7. The molecule has 4 rings (SSSR count). The minimum Gasteiger partial charge on any atom is -0.467 e. The summed E-state index contributed by atoms with van der Waals surface area (Å²) in [5, 5.41) is 11.6. The predicted molar refractivity (Wildman–Crippen MR) is 113 cm³/mol. The lowest BCUT2D eigenvalue weighted by Crippen LogP contribution is -2.27. The molecule has 2 aromatic heterocycles. The Bertz CT molecular complexity index is 1150. The number of hydrogen-bond donors (Lipinski definition) is 0. The number of thiocarbonyl (C=S) groups is 1. The molecule has 10 heteroatoms. The summed E-state index contributed by atoms with van der Waals surface area (Å²) in [6.07, 6.45) is 3.09. The standard InChI is InChI=1S/C19H11ClN2O5S2/c20-11-3-5-14(15(8-11)22(24)25)16-6-4-12(27-16)9-17-18(23)21(19(28)29-17)10-13-2-1-7-26-13/h1-9H,10H2. The van der Waals surface area contributed by atoms with Crippen molar-refractivity contribution in [3.05, 3.63) is 80.3 Å². The first kappa shape index (κ1) is 19.4. The van der Waals surface area contributed by atoms with Crippen LogP contribution in [0, 0.1) is 10.1 Å². The molecule has 0 aliphatic carbocycles. The molecule has 0 radical (unpaired) electrons. The molecular weight excluding hydrogens is 436 g/mol. The van der Waals surface area contributed by atoms with Crippen molar-refractivity contribution in [2.75, 3.05) is 0 Å². The lowest BCUT2D eigenvalue weighted by Gasteiger charge is -2.11. The Balaban J connectivity index is 1.59. The van der Waals surface area contributed by atoms with Crippen LogP contribution in [0.4, 0.5) is 5.69 Å². The van der Waals surface area contributed by atoms with E-state index in [-0.39, 0.29) is 23.2 Å². The fraction of sp³-hybridized carbons (Fsp3) is 0.0526. The number of nitrogens with zero attached hydrogens (tertiary/aromatic N) is 2. The number of nitro benzene ring substituents is 1. The molecule has 3 aromatic rings. The zero-order chi connectivity index (χ0) is 20.5. The van der Waals surface area contributed by atoms with Crippen LogP contribution in [0.1, 0.15) is 11.5 Å². The summed E-state index contributed by atoms with van der Waals surface area (Å²) in [5.74, 6) is 1.04.